The predicted octanol–water partition coefficient (Wildman–Crippen LogP) is 2.71. The SMILES string of the molecule is CC1CC1NCc1ccc(C#N)cc1Cl. The summed E-state index contributed by atoms with van der Waals surface area (Å²) < 4.78 is 0. The number of benzene rings is 1. The summed E-state index contributed by atoms with van der Waals surface area (Å²) in [5, 5.41) is 12.8. The molecular formula is C12H13ClN2. The van der Waals surface area contributed by atoms with Crippen molar-refractivity contribution in [3.05, 3.63) is 34.3 Å². The average molecular weight is 221 g/mol. The van der Waals surface area contributed by atoms with Crippen LogP contribution in [-0.2, 0) is 6.54 Å². The van der Waals surface area contributed by atoms with Gasteiger partial charge in [0, 0.05) is 17.6 Å². The van der Waals surface area contributed by atoms with Gasteiger partial charge in [0.15, 0.2) is 0 Å². The number of nitriles is 1. The number of nitrogens with zero attached hydrogens (tertiary/aromatic N) is 1. The molecular weight excluding hydrogens is 208 g/mol. The van der Waals surface area contributed by atoms with Crippen molar-refractivity contribution < 1.29 is 0 Å². The monoisotopic (exact) mass is 220 g/mol. The van der Waals surface area contributed by atoms with E-state index in [2.05, 4.69) is 18.3 Å². The molecule has 0 aliphatic heterocycles. The Morgan fingerprint density at radius 2 is 2.33 bits per heavy atom. The van der Waals surface area contributed by atoms with Crippen molar-refractivity contribution in [2.75, 3.05) is 0 Å². The van der Waals surface area contributed by atoms with Crippen molar-refractivity contribution in [2.45, 2.75) is 25.9 Å². The Balaban J connectivity index is 1.99. The lowest BCUT2D eigenvalue weighted by molar-refractivity contribution is 0.652. The second kappa shape index (κ2) is 4.22. The molecule has 0 saturated heterocycles. The number of hydrogen-bond acceptors (Lipinski definition) is 2. The van der Waals surface area contributed by atoms with Crippen LogP contribution in [0.4, 0.5) is 0 Å². The molecule has 2 rings (SSSR count). The molecule has 0 bridgehead atoms. The highest BCUT2D eigenvalue weighted by Gasteiger charge is 2.31. The molecule has 15 heavy (non-hydrogen) atoms. The second-order valence-corrected chi connectivity index (χ2v) is 4.53. The van der Waals surface area contributed by atoms with Crippen molar-refractivity contribution in [3.8, 4) is 6.07 Å². The van der Waals surface area contributed by atoms with Crippen LogP contribution in [0.3, 0.4) is 0 Å². The van der Waals surface area contributed by atoms with Crippen LogP contribution in [0.5, 0.6) is 0 Å². The van der Waals surface area contributed by atoms with E-state index >= 15 is 0 Å². The van der Waals surface area contributed by atoms with Crippen molar-refractivity contribution in [3.63, 3.8) is 0 Å². The van der Waals surface area contributed by atoms with Crippen molar-refractivity contribution in [1.29, 1.82) is 5.26 Å². The molecule has 1 N–H and O–H groups in total. The third-order valence-corrected chi connectivity index (χ3v) is 3.20. The molecule has 0 spiro atoms. The van der Waals surface area contributed by atoms with Gasteiger partial charge in [-0.15, -0.1) is 0 Å². The average Bonchev–Trinajstić information content (AvgIpc) is 2.93. The molecule has 1 aromatic rings. The molecule has 1 saturated carbocycles. The highest BCUT2D eigenvalue weighted by molar-refractivity contribution is 6.31. The van der Waals surface area contributed by atoms with E-state index in [0.717, 1.165) is 18.0 Å². The Kier molecular flexibility index (Phi) is 2.95. The third kappa shape index (κ3) is 2.50. The zero-order valence-electron chi connectivity index (χ0n) is 8.63. The fourth-order valence-electron chi connectivity index (χ4n) is 1.61. The quantitative estimate of drug-likeness (QED) is 0.850. The van der Waals surface area contributed by atoms with Gasteiger partial charge in [-0.2, -0.15) is 5.26 Å². The van der Waals surface area contributed by atoms with Crippen LogP contribution in [0.25, 0.3) is 0 Å². The molecule has 1 aliphatic carbocycles. The van der Waals surface area contributed by atoms with Gasteiger partial charge in [0.1, 0.15) is 0 Å². The van der Waals surface area contributed by atoms with Crippen LogP contribution in [0.15, 0.2) is 18.2 Å². The first-order valence-corrected chi connectivity index (χ1v) is 5.50. The van der Waals surface area contributed by atoms with E-state index < -0.39 is 0 Å². The fraction of sp³-hybridized carbons (Fsp3) is 0.417. The molecule has 0 aromatic heterocycles. The fourth-order valence-corrected chi connectivity index (χ4v) is 1.86. The maximum atomic E-state index is 8.69. The van der Waals surface area contributed by atoms with Gasteiger partial charge in [-0.25, -0.2) is 0 Å². The number of hydrogen-bond donors (Lipinski definition) is 1. The standard InChI is InChI=1S/C12H13ClN2/c1-8-4-12(8)15-7-10-3-2-9(6-14)5-11(10)13/h2-3,5,8,12,15H,4,7H2,1H3. The molecule has 78 valence electrons. The molecule has 2 unspecified atom stereocenters. The molecule has 3 heteroatoms. The van der Waals surface area contributed by atoms with Gasteiger partial charge in [-0.1, -0.05) is 24.6 Å². The molecule has 2 nitrogen and oxygen atoms in total. The van der Waals surface area contributed by atoms with Gasteiger partial charge in [0.2, 0.25) is 0 Å². The number of nitrogens with one attached hydrogen (secondary N) is 1. The Morgan fingerprint density at radius 3 is 2.87 bits per heavy atom. The lowest BCUT2D eigenvalue weighted by atomic mass is 10.1. The summed E-state index contributed by atoms with van der Waals surface area (Å²) in [5.74, 6) is 0.794. The van der Waals surface area contributed by atoms with Gasteiger partial charge in [-0.3, -0.25) is 0 Å². The van der Waals surface area contributed by atoms with E-state index in [4.69, 9.17) is 16.9 Å². The highest BCUT2D eigenvalue weighted by Crippen LogP contribution is 2.29. The van der Waals surface area contributed by atoms with Gasteiger partial charge in [0.25, 0.3) is 0 Å². The van der Waals surface area contributed by atoms with Crippen LogP contribution in [0.1, 0.15) is 24.5 Å². The summed E-state index contributed by atoms with van der Waals surface area (Å²) in [4.78, 5) is 0. The largest absolute Gasteiger partial charge is 0.310 e. The third-order valence-electron chi connectivity index (χ3n) is 2.85. The molecule has 2 atom stereocenters. The first kappa shape index (κ1) is 10.5. The molecule has 0 amide bonds. The normalized spacial score (nSPS) is 23.5. The summed E-state index contributed by atoms with van der Waals surface area (Å²) in [6.07, 6.45) is 1.26. The lowest BCUT2D eigenvalue weighted by Crippen LogP contribution is -2.17. The topological polar surface area (TPSA) is 35.8 Å². The van der Waals surface area contributed by atoms with E-state index in [9.17, 15) is 0 Å². The summed E-state index contributed by atoms with van der Waals surface area (Å²) in [6, 6.07) is 8.16. The second-order valence-electron chi connectivity index (χ2n) is 4.12. The maximum absolute atomic E-state index is 8.69. The van der Waals surface area contributed by atoms with Crippen LogP contribution >= 0.6 is 11.6 Å². The Morgan fingerprint density at radius 1 is 1.60 bits per heavy atom. The molecule has 0 heterocycles. The van der Waals surface area contributed by atoms with Crippen molar-refractivity contribution in [2.24, 2.45) is 5.92 Å². The summed E-state index contributed by atoms with van der Waals surface area (Å²) in [7, 11) is 0. The molecule has 1 aromatic carbocycles. The molecule has 1 aliphatic rings. The summed E-state index contributed by atoms with van der Waals surface area (Å²) >= 11 is 6.06. The Labute approximate surface area is 94.9 Å². The smallest absolute Gasteiger partial charge is 0.0992 e. The Hall–Kier alpha value is -1.04. The minimum absolute atomic E-state index is 0.614. The maximum Gasteiger partial charge on any atom is 0.0992 e. The van der Waals surface area contributed by atoms with Gasteiger partial charge in [0.05, 0.1) is 11.6 Å². The Bertz CT molecular complexity index is 409. The number of halogens is 1. The van der Waals surface area contributed by atoms with Gasteiger partial charge >= 0.3 is 0 Å². The summed E-state index contributed by atoms with van der Waals surface area (Å²) in [5.41, 5.74) is 1.68. The zero-order chi connectivity index (χ0) is 10.8. The van der Waals surface area contributed by atoms with E-state index in [1.54, 1.807) is 12.1 Å². The van der Waals surface area contributed by atoms with Crippen LogP contribution < -0.4 is 5.32 Å². The highest BCUT2D eigenvalue weighted by atomic mass is 35.5. The minimum atomic E-state index is 0.614. The first-order valence-electron chi connectivity index (χ1n) is 5.12. The number of rotatable bonds is 3. The van der Waals surface area contributed by atoms with E-state index in [1.165, 1.54) is 6.42 Å². The van der Waals surface area contributed by atoms with Crippen molar-refractivity contribution in [1.82, 2.24) is 5.32 Å². The zero-order valence-corrected chi connectivity index (χ0v) is 9.38. The van der Waals surface area contributed by atoms with Gasteiger partial charge < -0.3 is 5.32 Å². The predicted molar refractivity (Wildman–Crippen MR) is 60.6 cm³/mol. The molecule has 0 radical (unpaired) electrons. The van der Waals surface area contributed by atoms with E-state index in [0.29, 0.717) is 16.6 Å². The van der Waals surface area contributed by atoms with E-state index in [-0.39, 0.29) is 0 Å². The molecule has 1 fully saturated rings. The van der Waals surface area contributed by atoms with Gasteiger partial charge in [-0.05, 0) is 30.0 Å². The van der Waals surface area contributed by atoms with Crippen molar-refractivity contribution >= 4 is 11.6 Å². The first-order chi connectivity index (χ1) is 7.20. The van der Waals surface area contributed by atoms with E-state index in [1.807, 2.05) is 6.07 Å². The van der Waals surface area contributed by atoms with Crippen LogP contribution in [-0.4, -0.2) is 6.04 Å². The van der Waals surface area contributed by atoms with Crippen LogP contribution in [0, 0.1) is 17.2 Å². The van der Waals surface area contributed by atoms with Crippen LogP contribution in [0.2, 0.25) is 5.02 Å². The minimum Gasteiger partial charge on any atom is -0.310 e. The summed E-state index contributed by atoms with van der Waals surface area (Å²) in [6.45, 7) is 3.03. The lowest BCUT2D eigenvalue weighted by Gasteiger charge is -2.05.